The number of unbranched alkanes of at least 4 members (excludes halogenated alkanes) is 1. The van der Waals surface area contributed by atoms with Gasteiger partial charge in [-0.1, -0.05) is 13.3 Å². The minimum atomic E-state index is 0.607. The summed E-state index contributed by atoms with van der Waals surface area (Å²) in [5.41, 5.74) is 2.79. The van der Waals surface area contributed by atoms with E-state index < -0.39 is 0 Å². The highest BCUT2D eigenvalue weighted by atomic mass is 15.2. The van der Waals surface area contributed by atoms with Gasteiger partial charge in [-0.15, -0.1) is 0 Å². The number of rotatable bonds is 5. The zero-order valence-corrected chi connectivity index (χ0v) is 13.6. The average molecular weight is 287 g/mol. The van der Waals surface area contributed by atoms with E-state index >= 15 is 0 Å². The van der Waals surface area contributed by atoms with Gasteiger partial charge in [0.2, 0.25) is 0 Å². The van der Waals surface area contributed by atoms with Crippen LogP contribution < -0.4 is 4.90 Å². The van der Waals surface area contributed by atoms with Crippen LogP contribution in [0.3, 0.4) is 0 Å². The molecule has 0 saturated carbocycles. The largest absolute Gasteiger partial charge is 0.356 e. The summed E-state index contributed by atoms with van der Waals surface area (Å²) in [5.74, 6) is 1.22. The van der Waals surface area contributed by atoms with Crippen molar-refractivity contribution in [3.63, 3.8) is 0 Å². The topological polar surface area (TPSA) is 19.4 Å². The molecule has 2 saturated heterocycles. The standard InChI is InChI=1S/C18H29N3/c1-3-4-9-20-12-7-8-17(20)16-13-15(2)18(19-14-16)21-10-5-6-11-21/h13-14,17H,3-12H2,1-2H3/t17-/m0/s1. The molecule has 0 spiro atoms. The first kappa shape index (κ1) is 14.8. The van der Waals surface area contributed by atoms with Crippen molar-refractivity contribution in [3.8, 4) is 0 Å². The summed E-state index contributed by atoms with van der Waals surface area (Å²) < 4.78 is 0. The molecule has 1 aromatic heterocycles. The minimum absolute atomic E-state index is 0.607. The maximum absolute atomic E-state index is 4.82. The van der Waals surface area contributed by atoms with Gasteiger partial charge in [-0.05, 0) is 69.3 Å². The van der Waals surface area contributed by atoms with E-state index in [1.807, 2.05) is 0 Å². The number of anilines is 1. The van der Waals surface area contributed by atoms with Gasteiger partial charge in [-0.25, -0.2) is 4.98 Å². The Hall–Kier alpha value is -1.09. The van der Waals surface area contributed by atoms with Crippen LogP contribution in [0.25, 0.3) is 0 Å². The first-order chi connectivity index (χ1) is 10.3. The van der Waals surface area contributed by atoms with Crippen LogP contribution in [0.2, 0.25) is 0 Å². The van der Waals surface area contributed by atoms with Gasteiger partial charge in [-0.3, -0.25) is 4.90 Å². The molecule has 2 fully saturated rings. The number of likely N-dealkylation sites (tertiary alicyclic amines) is 1. The molecular formula is C18H29N3. The van der Waals surface area contributed by atoms with Gasteiger partial charge in [0, 0.05) is 25.3 Å². The van der Waals surface area contributed by atoms with E-state index in [0.717, 1.165) is 0 Å². The van der Waals surface area contributed by atoms with Crippen LogP contribution in [0, 0.1) is 6.92 Å². The highest BCUT2D eigenvalue weighted by Gasteiger charge is 2.26. The zero-order chi connectivity index (χ0) is 14.7. The molecule has 0 radical (unpaired) electrons. The van der Waals surface area contributed by atoms with Crippen LogP contribution in [0.4, 0.5) is 5.82 Å². The minimum Gasteiger partial charge on any atom is -0.356 e. The van der Waals surface area contributed by atoms with Gasteiger partial charge >= 0.3 is 0 Å². The van der Waals surface area contributed by atoms with Crippen molar-refractivity contribution >= 4 is 5.82 Å². The molecule has 0 aliphatic carbocycles. The first-order valence-electron chi connectivity index (χ1n) is 8.75. The van der Waals surface area contributed by atoms with E-state index in [2.05, 4.69) is 35.9 Å². The molecular weight excluding hydrogens is 258 g/mol. The van der Waals surface area contributed by atoms with E-state index in [9.17, 15) is 0 Å². The number of pyridine rings is 1. The van der Waals surface area contributed by atoms with Crippen molar-refractivity contribution < 1.29 is 0 Å². The second kappa shape index (κ2) is 6.78. The van der Waals surface area contributed by atoms with Crippen LogP contribution in [0.5, 0.6) is 0 Å². The summed E-state index contributed by atoms with van der Waals surface area (Å²) in [4.78, 5) is 9.93. The van der Waals surface area contributed by atoms with Crippen LogP contribution in [-0.4, -0.2) is 36.1 Å². The van der Waals surface area contributed by atoms with Crippen molar-refractivity contribution in [3.05, 3.63) is 23.4 Å². The lowest BCUT2D eigenvalue weighted by molar-refractivity contribution is 0.253. The lowest BCUT2D eigenvalue weighted by Crippen LogP contribution is -2.25. The Balaban J connectivity index is 1.74. The second-order valence-electron chi connectivity index (χ2n) is 6.65. The maximum atomic E-state index is 4.82. The predicted octanol–water partition coefficient (Wildman–Crippen LogP) is 3.93. The third-order valence-corrected chi connectivity index (χ3v) is 5.02. The molecule has 0 bridgehead atoms. The lowest BCUT2D eigenvalue weighted by Gasteiger charge is -2.26. The van der Waals surface area contributed by atoms with Gasteiger partial charge in [0.1, 0.15) is 5.82 Å². The van der Waals surface area contributed by atoms with Gasteiger partial charge in [0.25, 0.3) is 0 Å². The van der Waals surface area contributed by atoms with E-state index in [1.54, 1.807) is 0 Å². The van der Waals surface area contributed by atoms with E-state index in [1.165, 1.54) is 81.6 Å². The number of aryl methyl sites for hydroxylation is 1. The van der Waals surface area contributed by atoms with Crippen molar-refractivity contribution in [1.82, 2.24) is 9.88 Å². The quantitative estimate of drug-likeness (QED) is 0.818. The molecule has 21 heavy (non-hydrogen) atoms. The Kier molecular flexibility index (Phi) is 4.79. The molecule has 3 heteroatoms. The third-order valence-electron chi connectivity index (χ3n) is 5.02. The van der Waals surface area contributed by atoms with Crippen molar-refractivity contribution in [2.45, 2.75) is 58.4 Å². The maximum Gasteiger partial charge on any atom is 0.131 e. The summed E-state index contributed by atoms with van der Waals surface area (Å²) in [5, 5.41) is 0. The van der Waals surface area contributed by atoms with Crippen LogP contribution in [0.15, 0.2) is 12.3 Å². The second-order valence-corrected chi connectivity index (χ2v) is 6.65. The van der Waals surface area contributed by atoms with Crippen LogP contribution in [0.1, 0.15) is 62.6 Å². The number of hydrogen-bond acceptors (Lipinski definition) is 3. The molecule has 3 nitrogen and oxygen atoms in total. The lowest BCUT2D eigenvalue weighted by atomic mass is 10.0. The summed E-state index contributed by atoms with van der Waals surface area (Å²) >= 11 is 0. The van der Waals surface area contributed by atoms with Gasteiger partial charge in [0.15, 0.2) is 0 Å². The Morgan fingerprint density at radius 2 is 2.00 bits per heavy atom. The molecule has 1 aromatic rings. The third kappa shape index (κ3) is 3.23. The molecule has 0 unspecified atom stereocenters. The monoisotopic (exact) mass is 287 g/mol. The molecule has 0 aromatic carbocycles. The summed E-state index contributed by atoms with van der Waals surface area (Å²) in [6.07, 6.45) is 10.0. The zero-order valence-electron chi connectivity index (χ0n) is 13.6. The molecule has 0 amide bonds. The molecule has 116 valence electrons. The summed E-state index contributed by atoms with van der Waals surface area (Å²) in [6, 6.07) is 3.01. The van der Waals surface area contributed by atoms with E-state index in [4.69, 9.17) is 4.98 Å². The highest BCUT2D eigenvalue weighted by Crippen LogP contribution is 2.33. The van der Waals surface area contributed by atoms with Crippen LogP contribution in [-0.2, 0) is 0 Å². The van der Waals surface area contributed by atoms with E-state index in [-0.39, 0.29) is 0 Å². The number of hydrogen-bond donors (Lipinski definition) is 0. The molecule has 0 N–H and O–H groups in total. The Bertz CT molecular complexity index is 466. The Labute approximate surface area is 129 Å². The van der Waals surface area contributed by atoms with Gasteiger partial charge in [0.05, 0.1) is 0 Å². The number of nitrogens with zero attached hydrogens (tertiary/aromatic N) is 3. The molecule has 3 rings (SSSR count). The van der Waals surface area contributed by atoms with Crippen molar-refractivity contribution in [2.24, 2.45) is 0 Å². The normalized spacial score (nSPS) is 23.1. The molecule has 1 atom stereocenters. The predicted molar refractivity (Wildman–Crippen MR) is 88.9 cm³/mol. The van der Waals surface area contributed by atoms with Crippen molar-refractivity contribution in [1.29, 1.82) is 0 Å². The fourth-order valence-electron chi connectivity index (χ4n) is 3.86. The SMILES string of the molecule is CCCCN1CCC[C@H]1c1cnc(N2CCCC2)c(C)c1. The van der Waals surface area contributed by atoms with Crippen molar-refractivity contribution in [2.75, 3.05) is 31.1 Å². The smallest absolute Gasteiger partial charge is 0.131 e. The fourth-order valence-corrected chi connectivity index (χ4v) is 3.86. The first-order valence-corrected chi connectivity index (χ1v) is 8.75. The van der Waals surface area contributed by atoms with Gasteiger partial charge < -0.3 is 4.90 Å². The van der Waals surface area contributed by atoms with E-state index in [0.29, 0.717) is 6.04 Å². The number of aromatic nitrogens is 1. The van der Waals surface area contributed by atoms with Gasteiger partial charge in [-0.2, -0.15) is 0 Å². The highest BCUT2D eigenvalue weighted by molar-refractivity contribution is 5.48. The fraction of sp³-hybridized carbons (Fsp3) is 0.722. The Morgan fingerprint density at radius 3 is 2.71 bits per heavy atom. The summed E-state index contributed by atoms with van der Waals surface area (Å²) in [6.45, 7) is 9.38. The molecule has 2 aliphatic rings. The van der Waals surface area contributed by atoms with Crippen LogP contribution >= 0.6 is 0 Å². The summed E-state index contributed by atoms with van der Waals surface area (Å²) in [7, 11) is 0. The molecule has 2 aliphatic heterocycles. The molecule has 3 heterocycles. The Morgan fingerprint density at radius 1 is 1.19 bits per heavy atom. The average Bonchev–Trinajstić information content (AvgIpc) is 3.16.